The first-order chi connectivity index (χ1) is 36.1. The predicted octanol–water partition coefficient (Wildman–Crippen LogP) is 19.5. The fourth-order valence-corrected chi connectivity index (χ4v) is 13.6. The molecule has 15 aromatic carbocycles. The summed E-state index contributed by atoms with van der Waals surface area (Å²) in [5.74, 6) is 14.8. The molecule has 0 N–H and O–H groups in total. The van der Waals surface area contributed by atoms with Crippen LogP contribution in [0.3, 0.4) is 0 Å². The van der Waals surface area contributed by atoms with Gasteiger partial charge in [0.25, 0.3) is 0 Å². The lowest BCUT2D eigenvalue weighted by molar-refractivity contribution is 0.590. The Morgan fingerprint density at radius 3 is 0.763 bits per heavy atom. The number of hydrogen-bond acceptors (Lipinski definition) is 1. The third-order valence-electron chi connectivity index (χ3n) is 17.6. The van der Waals surface area contributed by atoms with Crippen molar-refractivity contribution in [1.29, 1.82) is 0 Å². The molecule has 1 heteroatoms. The summed E-state index contributed by atoms with van der Waals surface area (Å²) in [6.45, 7) is 27.5. The van der Waals surface area contributed by atoms with E-state index in [-0.39, 0.29) is 27.1 Å². The SMILES string of the molecule is CC(C)(C)c1ccc(C#Cc2cc3c4cc(C(C)(C)C)cc5c6cccc7c(=O)c8cccc9c%10cc(C(C)(C)C)cc%11c%12cc(C#Cc%13ccc(C(C)(C)C)cc%13)cc%13c(c2)c3c2c(c54)c(c76)c(c89)c(c%10%11)c2c%12%13)cc1. The van der Waals surface area contributed by atoms with Crippen molar-refractivity contribution in [2.45, 2.75) is 105 Å². The fraction of sp³-hybridized carbons (Fsp3) is 0.213. The summed E-state index contributed by atoms with van der Waals surface area (Å²) in [4.78, 5) is 15.7. The van der Waals surface area contributed by atoms with Crippen LogP contribution in [-0.4, -0.2) is 0 Å². The van der Waals surface area contributed by atoms with E-state index in [4.69, 9.17) is 0 Å². The Labute approximate surface area is 443 Å². The molecule has 15 aromatic rings. The van der Waals surface area contributed by atoms with Crippen LogP contribution in [0.25, 0.3) is 129 Å². The Hall–Kier alpha value is -8.23. The highest BCUT2D eigenvalue weighted by Crippen LogP contribution is 2.60. The van der Waals surface area contributed by atoms with Gasteiger partial charge >= 0.3 is 0 Å². The molecule has 76 heavy (non-hydrogen) atoms. The van der Waals surface area contributed by atoms with E-state index in [0.717, 1.165) is 54.6 Å². The van der Waals surface area contributed by atoms with E-state index in [1.165, 1.54) is 119 Å². The van der Waals surface area contributed by atoms with Crippen molar-refractivity contribution in [2.24, 2.45) is 0 Å². The van der Waals surface area contributed by atoms with Crippen molar-refractivity contribution in [1.82, 2.24) is 0 Å². The maximum absolute atomic E-state index is 15.7. The van der Waals surface area contributed by atoms with Gasteiger partial charge in [-0.25, -0.2) is 0 Å². The summed E-state index contributed by atoms with van der Waals surface area (Å²) in [5, 5.41) is 28.2. The van der Waals surface area contributed by atoms with Gasteiger partial charge in [-0.1, -0.05) is 167 Å². The summed E-state index contributed by atoms with van der Waals surface area (Å²) < 4.78 is 0. The zero-order valence-electron chi connectivity index (χ0n) is 45.6. The van der Waals surface area contributed by atoms with Gasteiger partial charge in [0.15, 0.2) is 5.43 Å². The topological polar surface area (TPSA) is 17.1 Å². The van der Waals surface area contributed by atoms with Crippen molar-refractivity contribution in [3.8, 4) is 23.7 Å². The van der Waals surface area contributed by atoms with E-state index in [1.807, 2.05) is 0 Å². The van der Waals surface area contributed by atoms with Crippen LogP contribution in [-0.2, 0) is 21.7 Å². The van der Waals surface area contributed by atoms with Crippen LogP contribution in [0.15, 0.2) is 138 Å². The maximum Gasteiger partial charge on any atom is 0.194 e. The van der Waals surface area contributed by atoms with Gasteiger partial charge in [0.05, 0.1) is 0 Å². The first kappa shape index (κ1) is 45.2. The van der Waals surface area contributed by atoms with Gasteiger partial charge in [0.1, 0.15) is 0 Å². The monoisotopic (exact) mass is 974 g/mol. The molecule has 0 radical (unpaired) electrons. The highest BCUT2D eigenvalue weighted by atomic mass is 16.1. The number of hydrogen-bond donors (Lipinski definition) is 0. The van der Waals surface area contributed by atoms with Gasteiger partial charge in [0, 0.05) is 54.6 Å². The Bertz CT molecular complexity index is 4840. The molecule has 0 unspecified atom stereocenters. The Balaban J connectivity index is 1.22. The third kappa shape index (κ3) is 6.04. The third-order valence-corrected chi connectivity index (χ3v) is 17.6. The molecule has 0 bridgehead atoms. The Kier molecular flexibility index (Phi) is 8.67. The van der Waals surface area contributed by atoms with Crippen molar-refractivity contribution >= 4 is 129 Å². The standard InChI is InChI=1S/C75H58O/c1-72(2,3)43-27-23-39(24-28-43)19-21-41-31-51-52-32-42(22-20-40-25-29-44(30-26-40)73(4,5)6)34-54-58-38-46(75(10,11)12)36-56-48-16-14-18-50-60(48)66-65-59-47(15-13-17-49(59)71(50)76)55-35-45(74(7,8)9)37-57-53(33-41)61(51)67(69(65)63(55)57)68(62(52)54)70(66)64(56)58/h13-18,23-38H,1-12H3. The van der Waals surface area contributed by atoms with Gasteiger partial charge in [-0.2, -0.15) is 0 Å². The smallest absolute Gasteiger partial charge is 0.194 e. The maximum atomic E-state index is 15.7. The fourth-order valence-electron chi connectivity index (χ4n) is 13.6. The van der Waals surface area contributed by atoms with Crippen LogP contribution in [0.1, 0.15) is 128 Å². The normalized spacial score (nSPS) is 13.4. The van der Waals surface area contributed by atoms with Gasteiger partial charge in [-0.3, -0.25) is 4.79 Å². The molecule has 0 aliphatic heterocycles. The van der Waals surface area contributed by atoms with Crippen molar-refractivity contribution < 1.29 is 0 Å². The minimum Gasteiger partial charge on any atom is -0.289 e. The Morgan fingerprint density at radius 2 is 0.474 bits per heavy atom. The zero-order chi connectivity index (χ0) is 52.4. The predicted molar refractivity (Wildman–Crippen MR) is 330 cm³/mol. The minimum absolute atomic E-state index is 0.0501. The molecule has 0 aliphatic rings. The van der Waals surface area contributed by atoms with Gasteiger partial charge < -0.3 is 0 Å². The molecule has 0 atom stereocenters. The number of rotatable bonds is 0. The van der Waals surface area contributed by atoms with Crippen molar-refractivity contribution in [3.05, 3.63) is 188 Å². The summed E-state index contributed by atoms with van der Waals surface area (Å²) >= 11 is 0. The van der Waals surface area contributed by atoms with E-state index < -0.39 is 0 Å². The molecular formula is C75H58O. The quantitative estimate of drug-likeness (QED) is 0.0841. The Morgan fingerprint density at radius 1 is 0.237 bits per heavy atom. The zero-order valence-corrected chi connectivity index (χ0v) is 45.6. The molecule has 1 nitrogen and oxygen atoms in total. The van der Waals surface area contributed by atoms with Crippen molar-refractivity contribution in [2.75, 3.05) is 0 Å². The van der Waals surface area contributed by atoms with Crippen LogP contribution in [0.2, 0.25) is 0 Å². The van der Waals surface area contributed by atoms with Gasteiger partial charge in [-0.15, -0.1) is 0 Å². The van der Waals surface area contributed by atoms with Crippen LogP contribution in [0, 0.1) is 23.7 Å². The molecule has 0 saturated carbocycles. The van der Waals surface area contributed by atoms with E-state index in [1.54, 1.807) is 0 Å². The molecule has 364 valence electrons. The molecule has 0 fully saturated rings. The molecule has 15 rings (SSSR count). The van der Waals surface area contributed by atoms with Crippen LogP contribution < -0.4 is 5.43 Å². The van der Waals surface area contributed by atoms with Crippen LogP contribution in [0.5, 0.6) is 0 Å². The lowest BCUT2D eigenvalue weighted by atomic mass is 9.73. The average molecular weight is 975 g/mol. The first-order valence-electron chi connectivity index (χ1n) is 27.2. The summed E-state index contributed by atoms with van der Waals surface area (Å²) in [5.41, 5.74) is 8.93. The molecular weight excluding hydrogens is 917 g/mol. The summed E-state index contributed by atoms with van der Waals surface area (Å²) in [7, 11) is 0. The second kappa shape index (κ2) is 14.6. The van der Waals surface area contributed by atoms with Crippen LogP contribution in [0.4, 0.5) is 0 Å². The largest absolute Gasteiger partial charge is 0.289 e. The average Bonchev–Trinajstić information content (AvgIpc) is 2.50. The van der Waals surface area contributed by atoms with Crippen LogP contribution >= 0.6 is 0 Å². The molecule has 0 spiro atoms. The molecule has 0 heterocycles. The summed E-state index contributed by atoms with van der Waals surface area (Å²) in [6.07, 6.45) is 0. The molecule has 0 aliphatic carbocycles. The van der Waals surface area contributed by atoms with E-state index in [2.05, 4.69) is 240 Å². The molecule has 0 aromatic heterocycles. The van der Waals surface area contributed by atoms with E-state index in [0.29, 0.717) is 0 Å². The van der Waals surface area contributed by atoms with E-state index >= 15 is 4.79 Å². The lowest BCUT2D eigenvalue weighted by Gasteiger charge is -2.29. The molecule has 0 saturated heterocycles. The number of fused-ring (bicyclic) bond motifs is 5. The number of benzene rings is 14. The second-order valence-corrected chi connectivity index (χ2v) is 26.5. The first-order valence-corrected chi connectivity index (χ1v) is 27.2. The summed E-state index contributed by atoms with van der Waals surface area (Å²) in [6, 6.07) is 50.0. The van der Waals surface area contributed by atoms with Gasteiger partial charge in [-0.05, 0) is 214 Å². The second-order valence-electron chi connectivity index (χ2n) is 26.5. The minimum atomic E-state index is -0.161. The highest BCUT2D eigenvalue weighted by Gasteiger charge is 2.33. The van der Waals surface area contributed by atoms with Crippen molar-refractivity contribution in [3.63, 3.8) is 0 Å². The van der Waals surface area contributed by atoms with Gasteiger partial charge in [0.2, 0.25) is 0 Å². The van der Waals surface area contributed by atoms with E-state index in [9.17, 15) is 0 Å². The lowest BCUT2D eigenvalue weighted by Crippen LogP contribution is -2.11. The molecule has 0 amide bonds. The highest BCUT2D eigenvalue weighted by molar-refractivity contribution is 6.60.